The maximum atomic E-state index is 14.0. The van der Waals surface area contributed by atoms with Gasteiger partial charge in [-0.05, 0) is 30.5 Å². The molecule has 0 radical (unpaired) electrons. The Labute approximate surface area is 112 Å². The van der Waals surface area contributed by atoms with Crippen LogP contribution in [0.4, 0.5) is 10.1 Å². The van der Waals surface area contributed by atoms with Crippen molar-refractivity contribution in [2.24, 2.45) is 5.92 Å². The third-order valence-corrected chi connectivity index (χ3v) is 3.77. The van der Waals surface area contributed by atoms with Crippen molar-refractivity contribution in [3.05, 3.63) is 29.6 Å². The summed E-state index contributed by atoms with van der Waals surface area (Å²) in [5, 5.41) is 0.696. The highest BCUT2D eigenvalue weighted by molar-refractivity contribution is 9.08. The largest absolute Gasteiger partial charge is 0.369 e. The molecule has 96 valence electrons. The van der Waals surface area contributed by atoms with Crippen molar-refractivity contribution in [1.82, 2.24) is 0 Å². The Balaban J connectivity index is 2.88. The second kappa shape index (κ2) is 7.00. The Morgan fingerprint density at radius 2 is 2.06 bits per heavy atom. The normalized spacial score (nSPS) is 12.5. The number of benzene rings is 1. The van der Waals surface area contributed by atoms with Crippen molar-refractivity contribution in [3.8, 4) is 0 Å². The SMILES string of the molecule is CCC(C)CN(CC)c1ccc(CBr)cc1F. The Kier molecular flexibility index (Phi) is 5.96. The fraction of sp³-hybridized carbons (Fsp3) is 0.571. The predicted octanol–water partition coefficient (Wildman–Crippen LogP) is 4.59. The molecule has 17 heavy (non-hydrogen) atoms. The third-order valence-electron chi connectivity index (χ3n) is 3.12. The summed E-state index contributed by atoms with van der Waals surface area (Å²) in [7, 11) is 0. The Morgan fingerprint density at radius 3 is 2.53 bits per heavy atom. The minimum atomic E-state index is -0.118. The van der Waals surface area contributed by atoms with Gasteiger partial charge in [0.15, 0.2) is 0 Å². The quantitative estimate of drug-likeness (QED) is 0.695. The molecule has 3 heteroatoms. The summed E-state index contributed by atoms with van der Waals surface area (Å²) in [4.78, 5) is 2.11. The number of hydrogen-bond donors (Lipinski definition) is 0. The second-order valence-corrected chi connectivity index (χ2v) is 5.03. The first-order chi connectivity index (χ1) is 8.12. The zero-order valence-electron chi connectivity index (χ0n) is 10.8. The molecular weight excluding hydrogens is 281 g/mol. The van der Waals surface area contributed by atoms with Crippen LogP contribution in [0.1, 0.15) is 32.8 Å². The first kappa shape index (κ1) is 14.5. The number of alkyl halides is 1. The van der Waals surface area contributed by atoms with Crippen molar-refractivity contribution in [2.45, 2.75) is 32.5 Å². The third kappa shape index (κ3) is 3.98. The van der Waals surface area contributed by atoms with E-state index in [1.807, 2.05) is 12.1 Å². The molecule has 1 nitrogen and oxygen atoms in total. The van der Waals surface area contributed by atoms with E-state index >= 15 is 0 Å². The van der Waals surface area contributed by atoms with E-state index in [0.717, 1.165) is 30.8 Å². The highest BCUT2D eigenvalue weighted by Gasteiger charge is 2.12. The van der Waals surface area contributed by atoms with Gasteiger partial charge in [0.1, 0.15) is 5.82 Å². The smallest absolute Gasteiger partial charge is 0.146 e. The monoisotopic (exact) mass is 301 g/mol. The van der Waals surface area contributed by atoms with Gasteiger partial charge in [-0.3, -0.25) is 0 Å². The molecule has 1 rings (SSSR count). The highest BCUT2D eigenvalue weighted by atomic mass is 79.9. The van der Waals surface area contributed by atoms with Crippen LogP contribution in [0, 0.1) is 11.7 Å². The van der Waals surface area contributed by atoms with Crippen LogP contribution in [0.2, 0.25) is 0 Å². The summed E-state index contributed by atoms with van der Waals surface area (Å²) in [6.45, 7) is 8.20. The zero-order chi connectivity index (χ0) is 12.8. The number of hydrogen-bond acceptors (Lipinski definition) is 1. The molecule has 0 aliphatic heterocycles. The van der Waals surface area contributed by atoms with Crippen LogP contribution in [0.15, 0.2) is 18.2 Å². The summed E-state index contributed by atoms with van der Waals surface area (Å²) >= 11 is 3.34. The van der Waals surface area contributed by atoms with Gasteiger partial charge in [0.05, 0.1) is 5.69 Å². The van der Waals surface area contributed by atoms with Gasteiger partial charge >= 0.3 is 0 Å². The van der Waals surface area contributed by atoms with Crippen LogP contribution in [-0.2, 0) is 5.33 Å². The van der Waals surface area contributed by atoms with Gasteiger partial charge in [0, 0.05) is 18.4 Å². The molecular formula is C14H21BrFN. The Hall–Kier alpha value is -0.570. The van der Waals surface area contributed by atoms with Gasteiger partial charge < -0.3 is 4.90 Å². The average molecular weight is 302 g/mol. The van der Waals surface area contributed by atoms with Crippen LogP contribution < -0.4 is 4.90 Å². The fourth-order valence-electron chi connectivity index (χ4n) is 1.79. The van der Waals surface area contributed by atoms with E-state index in [-0.39, 0.29) is 5.82 Å². The van der Waals surface area contributed by atoms with Crippen molar-refractivity contribution < 1.29 is 4.39 Å². The predicted molar refractivity (Wildman–Crippen MR) is 76.4 cm³/mol. The van der Waals surface area contributed by atoms with E-state index in [9.17, 15) is 4.39 Å². The van der Waals surface area contributed by atoms with E-state index < -0.39 is 0 Å². The lowest BCUT2D eigenvalue weighted by molar-refractivity contribution is 0.538. The van der Waals surface area contributed by atoms with Crippen molar-refractivity contribution in [2.75, 3.05) is 18.0 Å². The molecule has 0 aromatic heterocycles. The van der Waals surface area contributed by atoms with E-state index in [1.54, 1.807) is 6.07 Å². The number of rotatable bonds is 6. The lowest BCUT2D eigenvalue weighted by atomic mass is 10.1. The summed E-state index contributed by atoms with van der Waals surface area (Å²) < 4.78 is 14.0. The van der Waals surface area contributed by atoms with Gasteiger partial charge in [-0.25, -0.2) is 4.39 Å². The van der Waals surface area contributed by atoms with Crippen molar-refractivity contribution in [1.29, 1.82) is 0 Å². The van der Waals surface area contributed by atoms with Crippen molar-refractivity contribution in [3.63, 3.8) is 0 Å². The minimum absolute atomic E-state index is 0.118. The molecule has 0 N–H and O–H groups in total. The summed E-state index contributed by atoms with van der Waals surface area (Å²) in [6.07, 6.45) is 1.12. The maximum absolute atomic E-state index is 14.0. The van der Waals surface area contributed by atoms with Crippen molar-refractivity contribution >= 4 is 21.6 Å². The van der Waals surface area contributed by atoms with Crippen LogP contribution in [0.3, 0.4) is 0 Å². The molecule has 1 unspecified atom stereocenters. The number of anilines is 1. The molecule has 0 saturated carbocycles. The fourth-order valence-corrected chi connectivity index (χ4v) is 2.14. The number of halogens is 2. The van der Waals surface area contributed by atoms with Gasteiger partial charge in [-0.1, -0.05) is 42.3 Å². The maximum Gasteiger partial charge on any atom is 0.146 e. The molecule has 0 heterocycles. The molecule has 0 bridgehead atoms. The van der Waals surface area contributed by atoms with E-state index in [1.165, 1.54) is 0 Å². The summed E-state index contributed by atoms with van der Waals surface area (Å²) in [5.74, 6) is 0.470. The van der Waals surface area contributed by atoms with Gasteiger partial charge in [-0.2, -0.15) is 0 Å². The van der Waals surface area contributed by atoms with E-state index in [2.05, 4.69) is 41.6 Å². The van der Waals surface area contributed by atoms with Crippen LogP contribution in [0.5, 0.6) is 0 Å². The van der Waals surface area contributed by atoms with E-state index in [0.29, 0.717) is 11.2 Å². The lowest BCUT2D eigenvalue weighted by Gasteiger charge is -2.26. The van der Waals surface area contributed by atoms with Gasteiger partial charge in [-0.15, -0.1) is 0 Å². The van der Waals surface area contributed by atoms with Crippen LogP contribution in [0.25, 0.3) is 0 Å². The van der Waals surface area contributed by atoms with Crippen LogP contribution in [-0.4, -0.2) is 13.1 Å². The molecule has 0 amide bonds. The number of nitrogens with zero attached hydrogens (tertiary/aromatic N) is 1. The Morgan fingerprint density at radius 1 is 1.35 bits per heavy atom. The minimum Gasteiger partial charge on any atom is -0.369 e. The summed E-state index contributed by atoms with van der Waals surface area (Å²) in [6, 6.07) is 5.48. The van der Waals surface area contributed by atoms with Crippen LogP contribution >= 0.6 is 15.9 Å². The van der Waals surface area contributed by atoms with E-state index in [4.69, 9.17) is 0 Å². The first-order valence-electron chi connectivity index (χ1n) is 6.21. The first-order valence-corrected chi connectivity index (χ1v) is 7.33. The topological polar surface area (TPSA) is 3.24 Å². The van der Waals surface area contributed by atoms with Gasteiger partial charge in [0.25, 0.3) is 0 Å². The lowest BCUT2D eigenvalue weighted by Crippen LogP contribution is -2.28. The Bertz CT molecular complexity index is 354. The second-order valence-electron chi connectivity index (χ2n) is 4.47. The molecule has 0 aliphatic carbocycles. The molecule has 0 saturated heterocycles. The zero-order valence-corrected chi connectivity index (χ0v) is 12.4. The van der Waals surface area contributed by atoms with Gasteiger partial charge in [0.2, 0.25) is 0 Å². The molecule has 1 atom stereocenters. The average Bonchev–Trinajstić information content (AvgIpc) is 2.35. The molecule has 0 aliphatic rings. The summed E-state index contributed by atoms with van der Waals surface area (Å²) in [5.41, 5.74) is 1.70. The standard InChI is InChI=1S/C14H21BrFN/c1-4-11(3)10-17(5-2)14-7-6-12(9-15)8-13(14)16/h6-8,11H,4-5,9-10H2,1-3H3. The highest BCUT2D eigenvalue weighted by Crippen LogP contribution is 2.23. The molecule has 0 spiro atoms. The molecule has 1 aromatic carbocycles. The molecule has 0 fully saturated rings. The molecule has 1 aromatic rings.